The second-order valence-electron chi connectivity index (χ2n) is 8.27. The molecule has 4 aromatic rings. The maximum absolute atomic E-state index is 14.6. The summed E-state index contributed by atoms with van der Waals surface area (Å²) in [5.74, 6) is 0.569. The van der Waals surface area contributed by atoms with Crippen LogP contribution in [0.25, 0.3) is 16.7 Å². The van der Waals surface area contributed by atoms with Gasteiger partial charge in [-0.25, -0.2) is 19.0 Å². The maximum atomic E-state index is 14.6. The van der Waals surface area contributed by atoms with Crippen LogP contribution < -0.4 is 5.32 Å². The van der Waals surface area contributed by atoms with E-state index < -0.39 is 11.7 Å². The molecular weight excluding hydrogens is 397 g/mol. The number of amides is 1. The molecule has 3 aromatic heterocycles. The fourth-order valence-electron chi connectivity index (χ4n) is 3.46. The molecule has 1 saturated carbocycles. The normalized spacial score (nSPS) is 13.8. The standard InChI is InChI=1S/C23H22FN5O2/c1-12(2)15-8-16-11-29(28-21(16)25-10-15)19-9-17(6-7-18(19)24)27-22(30)20-13(3)26-23(31-20)14-4-5-14/h6-12,14H,4-5H2,1-3H3,(H,27,30). The summed E-state index contributed by atoms with van der Waals surface area (Å²) in [5, 5.41) is 7.99. The van der Waals surface area contributed by atoms with Gasteiger partial charge in [0.05, 0.1) is 5.69 Å². The number of aromatic nitrogens is 4. The molecule has 1 aromatic carbocycles. The zero-order valence-corrected chi connectivity index (χ0v) is 17.5. The number of nitrogens with one attached hydrogen (secondary N) is 1. The van der Waals surface area contributed by atoms with E-state index in [2.05, 4.69) is 34.2 Å². The van der Waals surface area contributed by atoms with Crippen molar-refractivity contribution in [2.24, 2.45) is 0 Å². The first-order chi connectivity index (χ1) is 14.9. The van der Waals surface area contributed by atoms with Gasteiger partial charge >= 0.3 is 0 Å². The molecule has 7 nitrogen and oxygen atoms in total. The molecule has 1 aliphatic carbocycles. The van der Waals surface area contributed by atoms with Gasteiger partial charge in [-0.2, -0.15) is 0 Å². The van der Waals surface area contributed by atoms with Crippen LogP contribution in [0.4, 0.5) is 10.1 Å². The number of nitrogens with zero attached hydrogens (tertiary/aromatic N) is 4. The Labute approximate surface area is 178 Å². The van der Waals surface area contributed by atoms with Crippen LogP contribution in [-0.2, 0) is 0 Å². The van der Waals surface area contributed by atoms with Gasteiger partial charge in [-0.1, -0.05) is 13.8 Å². The van der Waals surface area contributed by atoms with Crippen LogP contribution in [0, 0.1) is 12.7 Å². The highest BCUT2D eigenvalue weighted by molar-refractivity contribution is 6.03. The summed E-state index contributed by atoms with van der Waals surface area (Å²) in [6, 6.07) is 6.34. The minimum absolute atomic E-state index is 0.183. The van der Waals surface area contributed by atoms with E-state index in [4.69, 9.17) is 4.42 Å². The molecule has 1 aliphatic rings. The summed E-state index contributed by atoms with van der Waals surface area (Å²) >= 11 is 0. The van der Waals surface area contributed by atoms with Gasteiger partial charge in [0, 0.05) is 29.4 Å². The van der Waals surface area contributed by atoms with Gasteiger partial charge in [-0.05, 0) is 55.5 Å². The number of halogens is 1. The smallest absolute Gasteiger partial charge is 0.293 e. The molecule has 1 amide bonds. The first-order valence-corrected chi connectivity index (χ1v) is 10.3. The van der Waals surface area contributed by atoms with Gasteiger partial charge in [0.1, 0.15) is 11.5 Å². The van der Waals surface area contributed by atoms with Crippen molar-refractivity contribution in [1.29, 1.82) is 0 Å². The van der Waals surface area contributed by atoms with Crippen molar-refractivity contribution >= 4 is 22.6 Å². The molecular formula is C23H22FN5O2. The largest absolute Gasteiger partial charge is 0.435 e. The second kappa shape index (κ2) is 7.30. The molecule has 0 saturated heterocycles. The van der Waals surface area contributed by atoms with Gasteiger partial charge < -0.3 is 9.73 Å². The van der Waals surface area contributed by atoms with Crippen molar-refractivity contribution < 1.29 is 13.6 Å². The van der Waals surface area contributed by atoms with E-state index in [1.807, 2.05) is 6.07 Å². The Morgan fingerprint density at radius 2 is 2.10 bits per heavy atom. The average Bonchev–Trinajstić information content (AvgIpc) is 3.38. The van der Waals surface area contributed by atoms with E-state index in [1.54, 1.807) is 19.3 Å². The molecule has 1 N–H and O–H groups in total. The number of fused-ring (bicyclic) bond motifs is 1. The molecule has 3 heterocycles. The lowest BCUT2D eigenvalue weighted by Gasteiger charge is -2.08. The number of aryl methyl sites for hydroxylation is 1. The summed E-state index contributed by atoms with van der Waals surface area (Å²) in [7, 11) is 0. The van der Waals surface area contributed by atoms with E-state index >= 15 is 0 Å². The van der Waals surface area contributed by atoms with Crippen molar-refractivity contribution in [2.75, 3.05) is 5.32 Å². The number of oxazole rings is 1. The van der Waals surface area contributed by atoms with Gasteiger partial charge in [0.2, 0.25) is 5.76 Å². The molecule has 5 rings (SSSR count). The highest BCUT2D eigenvalue weighted by Gasteiger charge is 2.31. The van der Waals surface area contributed by atoms with Crippen LogP contribution in [0.2, 0.25) is 0 Å². The van der Waals surface area contributed by atoms with Crippen LogP contribution in [0.1, 0.15) is 66.2 Å². The Kier molecular flexibility index (Phi) is 4.57. The molecule has 0 atom stereocenters. The minimum Gasteiger partial charge on any atom is -0.435 e. The molecule has 1 fully saturated rings. The number of hydrogen-bond donors (Lipinski definition) is 1. The molecule has 31 heavy (non-hydrogen) atoms. The minimum atomic E-state index is -0.457. The zero-order valence-electron chi connectivity index (χ0n) is 17.5. The molecule has 0 unspecified atom stereocenters. The second-order valence-corrected chi connectivity index (χ2v) is 8.27. The van der Waals surface area contributed by atoms with Crippen LogP contribution in [0.5, 0.6) is 0 Å². The third-order valence-electron chi connectivity index (χ3n) is 5.44. The first kappa shape index (κ1) is 19.4. The number of hydrogen-bond acceptors (Lipinski definition) is 5. The van der Waals surface area contributed by atoms with Crippen molar-refractivity contribution in [3.8, 4) is 5.69 Å². The Morgan fingerprint density at radius 1 is 1.29 bits per heavy atom. The molecule has 8 heteroatoms. The van der Waals surface area contributed by atoms with E-state index in [0.717, 1.165) is 23.8 Å². The van der Waals surface area contributed by atoms with Crippen molar-refractivity contribution in [3.63, 3.8) is 0 Å². The average molecular weight is 419 g/mol. The summed E-state index contributed by atoms with van der Waals surface area (Å²) in [6.07, 6.45) is 5.59. The lowest BCUT2D eigenvalue weighted by molar-refractivity contribution is 0.0994. The third-order valence-corrected chi connectivity index (χ3v) is 5.44. The van der Waals surface area contributed by atoms with Crippen LogP contribution >= 0.6 is 0 Å². The molecule has 0 bridgehead atoms. The molecule has 0 radical (unpaired) electrons. The number of carbonyl (C=O) groups excluding carboxylic acids is 1. The Morgan fingerprint density at radius 3 is 2.84 bits per heavy atom. The predicted molar refractivity (Wildman–Crippen MR) is 114 cm³/mol. The van der Waals surface area contributed by atoms with E-state index in [1.165, 1.54) is 22.9 Å². The molecule has 0 spiro atoms. The number of anilines is 1. The number of rotatable bonds is 5. The lowest BCUT2D eigenvalue weighted by atomic mass is 10.1. The van der Waals surface area contributed by atoms with Crippen LogP contribution in [-0.4, -0.2) is 25.7 Å². The lowest BCUT2D eigenvalue weighted by Crippen LogP contribution is -2.13. The van der Waals surface area contributed by atoms with E-state index in [9.17, 15) is 9.18 Å². The number of pyridine rings is 1. The van der Waals surface area contributed by atoms with Gasteiger partial charge in [0.25, 0.3) is 5.91 Å². The SMILES string of the molecule is Cc1nc(C2CC2)oc1C(=O)Nc1ccc(F)c(-n2cc3cc(C(C)C)cnc3n2)c1. The first-order valence-electron chi connectivity index (χ1n) is 10.3. The highest BCUT2D eigenvalue weighted by Crippen LogP contribution is 2.40. The fraction of sp³-hybridized carbons (Fsp3) is 0.304. The van der Waals surface area contributed by atoms with Crippen molar-refractivity contribution in [3.05, 3.63) is 65.4 Å². The predicted octanol–water partition coefficient (Wildman–Crippen LogP) is 5.11. The van der Waals surface area contributed by atoms with E-state index in [-0.39, 0.29) is 11.4 Å². The summed E-state index contributed by atoms with van der Waals surface area (Å²) < 4.78 is 21.7. The Hall–Kier alpha value is -3.55. The van der Waals surface area contributed by atoms with Gasteiger partial charge in [-0.15, -0.1) is 5.10 Å². The summed E-state index contributed by atoms with van der Waals surface area (Å²) in [4.78, 5) is 21.4. The highest BCUT2D eigenvalue weighted by atomic mass is 19.1. The summed E-state index contributed by atoms with van der Waals surface area (Å²) in [5.41, 5.74) is 2.81. The monoisotopic (exact) mass is 419 g/mol. The third kappa shape index (κ3) is 3.69. The maximum Gasteiger partial charge on any atom is 0.293 e. The molecule has 158 valence electrons. The van der Waals surface area contributed by atoms with Gasteiger partial charge in [0.15, 0.2) is 11.5 Å². The number of benzene rings is 1. The molecule has 0 aliphatic heterocycles. The topological polar surface area (TPSA) is 85.8 Å². The fourth-order valence-corrected chi connectivity index (χ4v) is 3.46. The van der Waals surface area contributed by atoms with Gasteiger partial charge in [-0.3, -0.25) is 4.79 Å². The van der Waals surface area contributed by atoms with Crippen molar-refractivity contribution in [1.82, 2.24) is 19.7 Å². The van der Waals surface area contributed by atoms with Crippen LogP contribution in [0.15, 0.2) is 41.1 Å². The number of carbonyl (C=O) groups is 1. The summed E-state index contributed by atoms with van der Waals surface area (Å²) in [6.45, 7) is 5.92. The quantitative estimate of drug-likeness (QED) is 0.486. The van der Waals surface area contributed by atoms with Crippen LogP contribution in [0.3, 0.4) is 0 Å². The zero-order chi connectivity index (χ0) is 21.7. The van der Waals surface area contributed by atoms with Crippen molar-refractivity contribution in [2.45, 2.75) is 45.4 Å². The Bertz CT molecular complexity index is 1300. The Balaban J connectivity index is 1.44. The van der Waals surface area contributed by atoms with E-state index in [0.29, 0.717) is 34.8 Å².